The second-order valence-electron chi connectivity index (χ2n) is 7.86. The van der Waals surface area contributed by atoms with Gasteiger partial charge in [-0.05, 0) is 37.6 Å². The van der Waals surface area contributed by atoms with E-state index in [-0.39, 0.29) is 17.6 Å². The zero-order valence-corrected chi connectivity index (χ0v) is 17.4. The number of carbonyl (C=O) groups is 1. The van der Waals surface area contributed by atoms with E-state index in [1.165, 1.54) is 13.2 Å². The first-order valence-corrected chi connectivity index (χ1v) is 10.1. The number of carbonyl (C=O) groups excluding carboxylic acids is 1. The largest absolute Gasteiger partial charge is 0.465 e. The Morgan fingerprint density at radius 3 is 2.80 bits per heavy atom. The van der Waals surface area contributed by atoms with Gasteiger partial charge in [0.2, 0.25) is 0 Å². The molecule has 2 aromatic carbocycles. The van der Waals surface area contributed by atoms with Crippen LogP contribution in [0.15, 0.2) is 36.4 Å². The predicted molar refractivity (Wildman–Crippen MR) is 115 cm³/mol. The molecular formula is C23H23FN4O2. The molecule has 0 fully saturated rings. The number of fused-ring (bicyclic) bond motifs is 1. The molecule has 2 atom stereocenters. The Morgan fingerprint density at radius 2 is 2.07 bits per heavy atom. The molecule has 6 nitrogen and oxygen atoms in total. The third-order valence-corrected chi connectivity index (χ3v) is 6.14. The van der Waals surface area contributed by atoms with E-state index in [0.717, 1.165) is 28.7 Å². The number of para-hydroxylation sites is 1. The highest BCUT2D eigenvalue weighted by atomic mass is 19.1. The van der Waals surface area contributed by atoms with Crippen molar-refractivity contribution in [2.45, 2.75) is 32.4 Å². The minimum absolute atomic E-state index is 0.153. The molecule has 1 N–H and O–H groups in total. The van der Waals surface area contributed by atoms with E-state index in [4.69, 9.17) is 9.72 Å². The van der Waals surface area contributed by atoms with Gasteiger partial charge in [0.25, 0.3) is 0 Å². The number of ether oxygens (including phenoxy) is 1. The number of halogens is 1. The number of nitrogens with one attached hydrogen (secondary N) is 1. The normalized spacial score (nSPS) is 18.0. The molecule has 0 spiro atoms. The van der Waals surface area contributed by atoms with E-state index >= 15 is 0 Å². The number of anilines is 1. The second kappa shape index (κ2) is 6.58. The van der Waals surface area contributed by atoms with Gasteiger partial charge in [-0.3, -0.25) is 0 Å². The summed E-state index contributed by atoms with van der Waals surface area (Å²) in [6, 6.07) is 11.6. The van der Waals surface area contributed by atoms with Gasteiger partial charge in [0.15, 0.2) is 5.82 Å². The Balaban J connectivity index is 1.81. The molecule has 0 saturated heterocycles. The van der Waals surface area contributed by atoms with Crippen molar-refractivity contribution in [1.29, 1.82) is 0 Å². The quantitative estimate of drug-likeness (QED) is 0.492. The highest BCUT2D eigenvalue weighted by Gasteiger charge is 2.30. The third-order valence-electron chi connectivity index (χ3n) is 6.14. The number of hydrogen-bond acceptors (Lipinski definition) is 4. The zero-order valence-electron chi connectivity index (χ0n) is 17.4. The molecule has 0 saturated carbocycles. The summed E-state index contributed by atoms with van der Waals surface area (Å²) in [5, 5.41) is 4.72. The van der Waals surface area contributed by atoms with E-state index in [9.17, 15) is 9.18 Å². The van der Waals surface area contributed by atoms with Crippen molar-refractivity contribution < 1.29 is 13.9 Å². The summed E-state index contributed by atoms with van der Waals surface area (Å²) in [6.07, 6.45) is 0.948. The molecule has 0 radical (unpaired) electrons. The summed E-state index contributed by atoms with van der Waals surface area (Å²) in [5.74, 6) is -0.408. The summed E-state index contributed by atoms with van der Waals surface area (Å²) in [6.45, 7) is 4.35. The monoisotopic (exact) mass is 406 g/mol. The molecule has 30 heavy (non-hydrogen) atoms. The SMILES string of the molecule is CCC1C(C)Nc2cccc3cc(-c4nc5cc(C(=O)OC)cc(F)c5n4C)n1c23. The smallest absolute Gasteiger partial charge is 0.338 e. The third kappa shape index (κ3) is 2.47. The first-order chi connectivity index (χ1) is 14.4. The van der Waals surface area contributed by atoms with Crippen LogP contribution in [0.2, 0.25) is 0 Å². The first kappa shape index (κ1) is 18.7. The fraction of sp³-hybridized carbons (Fsp3) is 0.304. The van der Waals surface area contributed by atoms with Crippen LogP contribution < -0.4 is 5.32 Å². The van der Waals surface area contributed by atoms with Crippen molar-refractivity contribution in [3.05, 3.63) is 47.8 Å². The Labute approximate surface area is 173 Å². The highest BCUT2D eigenvalue weighted by molar-refractivity contribution is 5.98. The molecule has 1 aliphatic rings. The van der Waals surface area contributed by atoms with Crippen LogP contribution in [0.3, 0.4) is 0 Å². The van der Waals surface area contributed by atoms with Crippen LogP contribution in [-0.4, -0.2) is 33.2 Å². The van der Waals surface area contributed by atoms with Gasteiger partial charge in [-0.25, -0.2) is 14.2 Å². The van der Waals surface area contributed by atoms with Gasteiger partial charge >= 0.3 is 5.97 Å². The summed E-state index contributed by atoms with van der Waals surface area (Å²) in [7, 11) is 3.09. The van der Waals surface area contributed by atoms with E-state index in [0.29, 0.717) is 16.9 Å². The summed E-state index contributed by atoms with van der Waals surface area (Å²) < 4.78 is 23.8. The lowest BCUT2D eigenvalue weighted by Crippen LogP contribution is -2.32. The van der Waals surface area contributed by atoms with Gasteiger partial charge in [-0.1, -0.05) is 19.1 Å². The summed E-state index contributed by atoms with van der Waals surface area (Å²) >= 11 is 0. The fourth-order valence-electron chi connectivity index (χ4n) is 4.78. The maximum atomic E-state index is 14.9. The number of aromatic nitrogens is 3. The standard InChI is InChI=1S/C23H23FN4O2/c1-5-18-12(2)25-16-8-6-7-13-11-19(28(18)20(13)16)22-26-17-10-14(23(29)30-4)9-15(24)21(17)27(22)3/h6-12,18,25H,5H2,1-4H3. The lowest BCUT2D eigenvalue weighted by atomic mass is 10.0. The maximum absolute atomic E-state index is 14.9. The van der Waals surface area contributed by atoms with E-state index < -0.39 is 11.8 Å². The first-order valence-electron chi connectivity index (χ1n) is 10.1. The van der Waals surface area contributed by atoms with Crippen molar-refractivity contribution in [3.8, 4) is 11.5 Å². The van der Waals surface area contributed by atoms with E-state index in [2.05, 4.69) is 41.9 Å². The average Bonchev–Trinajstić information content (AvgIpc) is 3.27. The number of aryl methyl sites for hydroxylation is 1. The number of imidazole rings is 1. The molecule has 5 rings (SSSR count). The zero-order chi connectivity index (χ0) is 21.2. The van der Waals surface area contributed by atoms with Crippen molar-refractivity contribution in [2.75, 3.05) is 12.4 Å². The Kier molecular flexibility index (Phi) is 4.10. The molecule has 2 unspecified atom stereocenters. The van der Waals surface area contributed by atoms with Crippen LogP contribution in [0.25, 0.3) is 33.5 Å². The molecule has 7 heteroatoms. The Morgan fingerprint density at radius 1 is 1.27 bits per heavy atom. The van der Waals surface area contributed by atoms with Crippen molar-refractivity contribution >= 4 is 33.6 Å². The lowest BCUT2D eigenvalue weighted by molar-refractivity contribution is 0.0600. The van der Waals surface area contributed by atoms with Crippen LogP contribution in [0.1, 0.15) is 36.7 Å². The molecule has 2 aromatic heterocycles. The Hall–Kier alpha value is -3.35. The predicted octanol–water partition coefficient (Wildman–Crippen LogP) is 4.89. The molecule has 0 bridgehead atoms. The second-order valence-corrected chi connectivity index (χ2v) is 7.86. The topological polar surface area (TPSA) is 61.1 Å². The van der Waals surface area contributed by atoms with Crippen LogP contribution in [0.4, 0.5) is 10.1 Å². The molecule has 0 amide bonds. The van der Waals surface area contributed by atoms with E-state index in [1.807, 2.05) is 13.1 Å². The molecule has 3 heterocycles. The number of methoxy groups -OCH3 is 1. The number of hydrogen-bond donors (Lipinski definition) is 1. The lowest BCUT2D eigenvalue weighted by Gasteiger charge is -2.34. The van der Waals surface area contributed by atoms with Crippen LogP contribution in [0.5, 0.6) is 0 Å². The molecule has 1 aliphatic heterocycles. The van der Waals surface area contributed by atoms with Crippen LogP contribution in [0, 0.1) is 5.82 Å². The van der Waals surface area contributed by atoms with Crippen molar-refractivity contribution in [1.82, 2.24) is 14.1 Å². The number of nitrogens with zero attached hydrogens (tertiary/aromatic N) is 3. The number of esters is 1. The number of benzene rings is 2. The van der Waals surface area contributed by atoms with Gasteiger partial charge in [0, 0.05) is 18.5 Å². The summed E-state index contributed by atoms with van der Waals surface area (Å²) in [4.78, 5) is 16.7. The molecular weight excluding hydrogens is 383 g/mol. The fourth-order valence-corrected chi connectivity index (χ4v) is 4.78. The van der Waals surface area contributed by atoms with Gasteiger partial charge in [0.05, 0.1) is 41.1 Å². The van der Waals surface area contributed by atoms with Gasteiger partial charge in [-0.15, -0.1) is 0 Å². The number of rotatable bonds is 3. The molecule has 4 aromatic rings. The van der Waals surface area contributed by atoms with Gasteiger partial charge in [0.1, 0.15) is 11.3 Å². The van der Waals surface area contributed by atoms with Crippen molar-refractivity contribution in [3.63, 3.8) is 0 Å². The van der Waals surface area contributed by atoms with Gasteiger partial charge in [-0.2, -0.15) is 0 Å². The summed E-state index contributed by atoms with van der Waals surface area (Å²) in [5.41, 5.74) is 4.12. The Bertz CT molecular complexity index is 1320. The van der Waals surface area contributed by atoms with Crippen LogP contribution >= 0.6 is 0 Å². The highest BCUT2D eigenvalue weighted by Crippen LogP contribution is 2.41. The average molecular weight is 406 g/mol. The minimum atomic E-state index is -0.581. The van der Waals surface area contributed by atoms with Gasteiger partial charge < -0.3 is 19.2 Å². The van der Waals surface area contributed by atoms with Crippen LogP contribution in [-0.2, 0) is 11.8 Å². The minimum Gasteiger partial charge on any atom is -0.465 e. The maximum Gasteiger partial charge on any atom is 0.338 e. The molecule has 0 aliphatic carbocycles. The molecule has 154 valence electrons. The van der Waals surface area contributed by atoms with Crippen molar-refractivity contribution in [2.24, 2.45) is 7.05 Å². The van der Waals surface area contributed by atoms with E-state index in [1.54, 1.807) is 10.6 Å².